The number of piperazine rings is 1. The lowest BCUT2D eigenvalue weighted by atomic mass is 10.2. The Kier molecular flexibility index (Phi) is 7.39. The van der Waals surface area contributed by atoms with Crippen LogP contribution in [0.25, 0.3) is 0 Å². The number of hydrogen-bond acceptors (Lipinski definition) is 6. The fourth-order valence-electron chi connectivity index (χ4n) is 3.17. The van der Waals surface area contributed by atoms with E-state index in [4.69, 9.17) is 17.0 Å². The minimum Gasteiger partial charge on any atom is -0.385 e. The van der Waals surface area contributed by atoms with Crippen LogP contribution in [-0.4, -0.2) is 61.5 Å². The van der Waals surface area contributed by atoms with Crippen LogP contribution in [0, 0.1) is 6.92 Å². The average molecular weight is 401 g/mol. The molecule has 0 amide bonds. The van der Waals surface area contributed by atoms with Crippen molar-refractivity contribution in [2.45, 2.75) is 13.3 Å². The minimum atomic E-state index is 0.529. The molecule has 8 heteroatoms. The van der Waals surface area contributed by atoms with Gasteiger partial charge >= 0.3 is 0 Å². The highest BCUT2D eigenvalue weighted by Crippen LogP contribution is 2.20. The minimum absolute atomic E-state index is 0.529. The lowest BCUT2D eigenvalue weighted by Crippen LogP contribution is -2.47. The summed E-state index contributed by atoms with van der Waals surface area (Å²) >= 11 is 5.33. The molecule has 0 aliphatic carbocycles. The molecule has 0 spiro atoms. The summed E-state index contributed by atoms with van der Waals surface area (Å²) in [7, 11) is 1.69. The number of nitrogens with one attached hydrogen (secondary N) is 2. The standard InChI is InChI=1S/C20H28N6OS/c1-16-15-18(23-19(22-16)24-20(28)21-9-6-14-27-2)26-12-10-25(11-13-26)17-7-4-3-5-8-17/h3-5,7-8,15H,6,9-14H2,1-2H3,(H2,21,22,23,24,28). The van der Waals surface area contributed by atoms with Crippen molar-refractivity contribution < 1.29 is 4.74 Å². The van der Waals surface area contributed by atoms with Gasteiger partial charge in [0.15, 0.2) is 5.11 Å². The Balaban J connectivity index is 1.57. The Morgan fingerprint density at radius 1 is 1.11 bits per heavy atom. The SMILES string of the molecule is COCCCNC(=S)Nc1nc(C)cc(N2CCN(c3ccccc3)CC2)n1. The predicted molar refractivity (Wildman–Crippen MR) is 118 cm³/mol. The molecule has 1 aliphatic heterocycles. The van der Waals surface area contributed by atoms with E-state index in [1.807, 2.05) is 13.0 Å². The van der Waals surface area contributed by atoms with E-state index < -0.39 is 0 Å². The third-order valence-corrected chi connectivity index (χ3v) is 4.85. The first-order valence-corrected chi connectivity index (χ1v) is 10.0. The summed E-state index contributed by atoms with van der Waals surface area (Å²) in [6.45, 7) is 7.21. The zero-order valence-corrected chi connectivity index (χ0v) is 17.3. The van der Waals surface area contributed by atoms with E-state index in [9.17, 15) is 0 Å². The summed E-state index contributed by atoms with van der Waals surface area (Å²) in [5.74, 6) is 1.47. The van der Waals surface area contributed by atoms with Crippen LogP contribution in [0.3, 0.4) is 0 Å². The predicted octanol–water partition coefficient (Wildman–Crippen LogP) is 2.43. The van der Waals surface area contributed by atoms with E-state index in [1.165, 1.54) is 5.69 Å². The van der Waals surface area contributed by atoms with E-state index in [0.717, 1.165) is 50.7 Å². The second kappa shape index (κ2) is 10.2. The van der Waals surface area contributed by atoms with Crippen LogP contribution in [0.4, 0.5) is 17.5 Å². The molecule has 0 atom stereocenters. The number of aryl methyl sites for hydroxylation is 1. The van der Waals surface area contributed by atoms with Gasteiger partial charge in [-0.1, -0.05) is 18.2 Å². The number of thiocarbonyl (C=S) groups is 1. The Morgan fingerprint density at radius 2 is 1.82 bits per heavy atom. The van der Waals surface area contributed by atoms with E-state index in [0.29, 0.717) is 17.7 Å². The summed E-state index contributed by atoms with van der Waals surface area (Å²) in [6.07, 6.45) is 0.893. The Bertz CT molecular complexity index is 765. The van der Waals surface area contributed by atoms with Crippen molar-refractivity contribution in [1.29, 1.82) is 0 Å². The molecule has 1 aromatic heterocycles. The van der Waals surface area contributed by atoms with Gasteiger partial charge in [0.25, 0.3) is 0 Å². The van der Waals surface area contributed by atoms with Crippen LogP contribution in [0.2, 0.25) is 0 Å². The van der Waals surface area contributed by atoms with Crippen molar-refractivity contribution in [2.24, 2.45) is 0 Å². The first kappa shape index (κ1) is 20.3. The van der Waals surface area contributed by atoms with Gasteiger partial charge in [-0.2, -0.15) is 4.98 Å². The van der Waals surface area contributed by atoms with Gasteiger partial charge in [-0.3, -0.25) is 0 Å². The fraction of sp³-hybridized carbons (Fsp3) is 0.450. The molecule has 0 saturated carbocycles. The molecule has 1 saturated heterocycles. The molecule has 1 fully saturated rings. The van der Waals surface area contributed by atoms with Crippen molar-refractivity contribution in [1.82, 2.24) is 15.3 Å². The van der Waals surface area contributed by atoms with E-state index in [2.05, 4.69) is 60.7 Å². The number of methoxy groups -OCH3 is 1. The number of rotatable bonds is 7. The summed E-state index contributed by atoms with van der Waals surface area (Å²) in [6, 6.07) is 12.6. The highest BCUT2D eigenvalue weighted by molar-refractivity contribution is 7.80. The van der Waals surface area contributed by atoms with Crippen LogP contribution in [0.15, 0.2) is 36.4 Å². The van der Waals surface area contributed by atoms with Crippen LogP contribution < -0.4 is 20.4 Å². The molecule has 3 rings (SSSR count). The van der Waals surface area contributed by atoms with Crippen molar-refractivity contribution in [3.05, 3.63) is 42.1 Å². The molecule has 1 aromatic carbocycles. The van der Waals surface area contributed by atoms with Gasteiger partial charge in [0, 0.05) is 63.9 Å². The van der Waals surface area contributed by atoms with Crippen LogP contribution in [0.5, 0.6) is 0 Å². The summed E-state index contributed by atoms with van der Waals surface area (Å²) in [5.41, 5.74) is 2.19. The average Bonchev–Trinajstić information content (AvgIpc) is 2.71. The first-order valence-electron chi connectivity index (χ1n) is 9.60. The molecule has 28 heavy (non-hydrogen) atoms. The van der Waals surface area contributed by atoms with Crippen molar-refractivity contribution in [3.63, 3.8) is 0 Å². The van der Waals surface area contributed by atoms with Gasteiger partial charge in [0.05, 0.1) is 0 Å². The number of aromatic nitrogens is 2. The third-order valence-electron chi connectivity index (χ3n) is 4.60. The van der Waals surface area contributed by atoms with Crippen LogP contribution >= 0.6 is 12.2 Å². The lowest BCUT2D eigenvalue weighted by Gasteiger charge is -2.36. The van der Waals surface area contributed by atoms with E-state index >= 15 is 0 Å². The number of anilines is 3. The van der Waals surface area contributed by atoms with Crippen molar-refractivity contribution >= 4 is 34.8 Å². The van der Waals surface area contributed by atoms with Crippen molar-refractivity contribution in [3.8, 4) is 0 Å². The molecular weight excluding hydrogens is 372 g/mol. The molecule has 150 valence electrons. The molecule has 0 unspecified atom stereocenters. The van der Waals surface area contributed by atoms with Crippen LogP contribution in [0.1, 0.15) is 12.1 Å². The maximum atomic E-state index is 5.33. The number of hydrogen-bond donors (Lipinski definition) is 2. The summed E-state index contributed by atoms with van der Waals surface area (Å²) < 4.78 is 5.04. The maximum Gasteiger partial charge on any atom is 0.231 e. The van der Waals surface area contributed by atoms with Gasteiger partial charge < -0.3 is 25.2 Å². The second-order valence-electron chi connectivity index (χ2n) is 6.73. The Labute approximate surface area is 172 Å². The van der Waals surface area contributed by atoms with E-state index in [1.54, 1.807) is 7.11 Å². The molecule has 2 heterocycles. The monoisotopic (exact) mass is 400 g/mol. The largest absolute Gasteiger partial charge is 0.385 e. The van der Waals surface area contributed by atoms with Crippen molar-refractivity contribution in [2.75, 3.05) is 61.6 Å². The Morgan fingerprint density at radius 3 is 2.54 bits per heavy atom. The highest BCUT2D eigenvalue weighted by atomic mass is 32.1. The second-order valence-corrected chi connectivity index (χ2v) is 7.14. The first-order chi connectivity index (χ1) is 13.7. The summed E-state index contributed by atoms with van der Waals surface area (Å²) in [4.78, 5) is 13.8. The smallest absolute Gasteiger partial charge is 0.231 e. The maximum absolute atomic E-state index is 5.33. The molecule has 2 N–H and O–H groups in total. The van der Waals surface area contributed by atoms with Gasteiger partial charge in [0.1, 0.15) is 5.82 Å². The van der Waals surface area contributed by atoms with E-state index in [-0.39, 0.29) is 0 Å². The number of benzene rings is 1. The molecular formula is C20H28N6OS. The Hall–Kier alpha value is -2.45. The molecule has 0 bridgehead atoms. The lowest BCUT2D eigenvalue weighted by molar-refractivity contribution is 0.196. The number of para-hydroxylation sites is 1. The highest BCUT2D eigenvalue weighted by Gasteiger charge is 2.19. The van der Waals surface area contributed by atoms with Gasteiger partial charge in [0.2, 0.25) is 5.95 Å². The molecule has 2 aromatic rings. The normalized spacial score (nSPS) is 14.1. The van der Waals surface area contributed by atoms with Gasteiger partial charge in [-0.05, 0) is 37.7 Å². The number of nitrogens with zero attached hydrogens (tertiary/aromatic N) is 4. The topological polar surface area (TPSA) is 65.6 Å². The molecule has 1 aliphatic rings. The number of ether oxygens (including phenoxy) is 1. The zero-order chi connectivity index (χ0) is 19.8. The van der Waals surface area contributed by atoms with Gasteiger partial charge in [-0.15, -0.1) is 0 Å². The molecule has 7 nitrogen and oxygen atoms in total. The zero-order valence-electron chi connectivity index (χ0n) is 16.5. The fourth-order valence-corrected chi connectivity index (χ4v) is 3.36. The molecule has 0 radical (unpaired) electrons. The summed E-state index contributed by atoms with van der Waals surface area (Å²) in [5, 5.41) is 6.77. The third kappa shape index (κ3) is 5.77. The quantitative estimate of drug-likeness (QED) is 0.543. The van der Waals surface area contributed by atoms with Crippen LogP contribution in [-0.2, 0) is 4.74 Å². The van der Waals surface area contributed by atoms with Gasteiger partial charge in [-0.25, -0.2) is 4.98 Å².